The fourth-order valence-electron chi connectivity index (χ4n) is 17.4. The lowest BCUT2D eigenvalue weighted by Crippen LogP contribution is -2.69. The van der Waals surface area contributed by atoms with Crippen molar-refractivity contribution in [2.24, 2.45) is 0 Å². The molecule has 8 nitrogen and oxygen atoms in total. The van der Waals surface area contributed by atoms with Crippen molar-refractivity contribution in [2.45, 2.75) is 208 Å². The van der Waals surface area contributed by atoms with E-state index in [0.29, 0.717) is 42.1 Å². The Labute approximate surface area is 522 Å². The Hall–Kier alpha value is -7.52. The summed E-state index contributed by atoms with van der Waals surface area (Å²) in [7, 11) is 0. The summed E-state index contributed by atoms with van der Waals surface area (Å²) >= 11 is 0. The number of unbranched alkanes of at least 4 members (excludes halogenated alkanes) is 8. The van der Waals surface area contributed by atoms with Crippen molar-refractivity contribution in [1.29, 1.82) is 0 Å². The summed E-state index contributed by atoms with van der Waals surface area (Å²) in [6.45, 7) is 28.4. The summed E-state index contributed by atoms with van der Waals surface area (Å²) in [5.74, 6) is -1.09. The van der Waals surface area contributed by atoms with Crippen molar-refractivity contribution in [2.75, 3.05) is 4.90 Å². The van der Waals surface area contributed by atoms with Gasteiger partial charge in [-0.3, -0.25) is 28.1 Å². The van der Waals surface area contributed by atoms with E-state index < -0.39 is 22.9 Å². The molecule has 9 aromatic carbocycles. The van der Waals surface area contributed by atoms with Crippen molar-refractivity contribution in [3.05, 3.63) is 190 Å². The molecule has 0 radical (unpaired) electrons. The quantitative estimate of drug-likeness (QED) is 0.0178. The Morgan fingerprint density at radius 1 is 0.330 bits per heavy atom. The van der Waals surface area contributed by atoms with E-state index in [9.17, 15) is 0 Å². The van der Waals surface area contributed by atoms with Gasteiger partial charge in [-0.1, -0.05) is 158 Å². The van der Waals surface area contributed by atoms with E-state index in [0.717, 1.165) is 141 Å². The maximum absolute atomic E-state index is 16.2. The predicted molar refractivity (Wildman–Crippen MR) is 374 cm³/mol. The highest BCUT2D eigenvalue weighted by Gasteiger charge is 2.58. The number of anilines is 1. The zero-order valence-electron chi connectivity index (χ0n) is 54.7. The molecular formula is C80H94N4O4+2. The molecule has 0 bridgehead atoms. The first-order chi connectivity index (χ1) is 42.2. The first-order valence-corrected chi connectivity index (χ1v) is 33.3. The molecule has 0 unspecified atom stereocenters. The lowest BCUT2D eigenvalue weighted by Gasteiger charge is -2.58. The molecule has 0 fully saturated rings. The molecule has 1 aliphatic rings. The highest BCUT2D eigenvalue weighted by molar-refractivity contribution is 6.47. The van der Waals surface area contributed by atoms with Crippen molar-refractivity contribution >= 4 is 94.1 Å². The third-order valence-electron chi connectivity index (χ3n) is 21.1. The van der Waals surface area contributed by atoms with Crippen LogP contribution in [0.4, 0.5) is 28.4 Å². The van der Waals surface area contributed by atoms with Gasteiger partial charge in [0.25, 0.3) is 22.9 Å². The van der Waals surface area contributed by atoms with E-state index in [4.69, 9.17) is 0 Å². The van der Waals surface area contributed by atoms with Gasteiger partial charge < -0.3 is 0 Å². The van der Waals surface area contributed by atoms with Gasteiger partial charge >= 0.3 is 0 Å². The maximum atomic E-state index is 16.2. The van der Waals surface area contributed by atoms with E-state index >= 15 is 19.2 Å². The number of rotatable bonds is 26. The SMILES string of the molecule is CCCCCC(C)(C)[N+](c1ccccc1)(c1ccc(N2C(=O)c3ccc4c5cccc6cccc(c65)c5c6c(=O)n(-c7ccc([N+](c8ccccc8)(C(C)(C)CCCCC)C(C)(C)CCCCC)cc7)c(=O)c6c(c3c45)C2=O)cc1)C(C)(C)CCCCC. The van der Waals surface area contributed by atoms with Crippen LogP contribution in [0.1, 0.15) is 207 Å². The van der Waals surface area contributed by atoms with Crippen LogP contribution in [0, 0.1) is 0 Å². The Balaban J connectivity index is 1.14. The Morgan fingerprint density at radius 3 is 1.16 bits per heavy atom. The van der Waals surface area contributed by atoms with Gasteiger partial charge in [0.1, 0.15) is 44.9 Å². The molecule has 8 heteroatoms. The van der Waals surface area contributed by atoms with Crippen molar-refractivity contribution < 1.29 is 9.59 Å². The first kappa shape index (κ1) is 62.1. The molecule has 0 saturated heterocycles. The normalized spacial score (nSPS) is 13.8. The predicted octanol–water partition coefficient (Wildman–Crippen LogP) is 21.4. The minimum absolute atomic E-state index is 0.0384. The number of carbonyl (C=O) groups is 2. The zero-order chi connectivity index (χ0) is 62.6. The summed E-state index contributed by atoms with van der Waals surface area (Å²) in [4.78, 5) is 65.4. The molecular weight excluding hydrogens is 1080 g/mol. The second-order valence-corrected chi connectivity index (χ2v) is 28.1. The summed E-state index contributed by atoms with van der Waals surface area (Å²) in [6, 6.07) is 54.2. The number of quaternary nitrogens is 2. The van der Waals surface area contributed by atoms with Gasteiger partial charge in [-0.05, 0) is 168 Å². The van der Waals surface area contributed by atoms with Gasteiger partial charge in [-0.15, -0.1) is 0 Å². The third kappa shape index (κ3) is 9.60. The second-order valence-electron chi connectivity index (χ2n) is 28.1. The maximum Gasteiger partial charge on any atom is 0.267 e. The highest BCUT2D eigenvalue weighted by atomic mass is 16.2. The van der Waals surface area contributed by atoms with E-state index in [-0.39, 0.29) is 38.5 Å². The standard InChI is InChI=1S/C80H94N4O4/c1-13-17-27-51-77(5,6)83(58-35-23-21-24-36-58,78(7,8)52-28-18-14-2)60-45-41-56(42-46-60)81-73(85)65-50-49-63-62-39-31-33-55-34-32-40-64(66(55)62)68-67(63)69(65)71(74(81)86)72-70(68)75(87)82(76(72)88)57-43-47-61(48-44-57)84(59-37-25-22-26-38-59,79(9,10)53-29-19-15-3)80(11,12)54-30-20-16-4/h21-26,31-50H,13-20,27-30,51-54H2,1-12H3/q+2. The minimum atomic E-state index is -0.621. The van der Waals surface area contributed by atoms with Crippen LogP contribution in [0.25, 0.3) is 59.5 Å². The summed E-state index contributed by atoms with van der Waals surface area (Å²) in [5, 5.41) is 6.41. The minimum Gasteiger partial charge on any atom is -0.268 e. The van der Waals surface area contributed by atoms with Gasteiger partial charge in [-0.25, -0.2) is 9.47 Å². The van der Waals surface area contributed by atoms with Crippen LogP contribution < -0.4 is 25.0 Å². The number of hydrogen-bond acceptors (Lipinski definition) is 4. The number of nitrogens with zero attached hydrogens (tertiary/aromatic N) is 4. The van der Waals surface area contributed by atoms with E-state index in [1.807, 2.05) is 54.6 Å². The van der Waals surface area contributed by atoms with Gasteiger partial charge in [0.05, 0.1) is 27.7 Å². The lowest BCUT2D eigenvalue weighted by atomic mass is 9.79. The van der Waals surface area contributed by atoms with Gasteiger partial charge in [0.15, 0.2) is 0 Å². The van der Waals surface area contributed by atoms with E-state index in [1.165, 1.54) is 20.8 Å². The number of amides is 2. The molecule has 456 valence electrons. The zero-order valence-corrected chi connectivity index (χ0v) is 54.7. The molecule has 10 aromatic rings. The fraction of sp³-hybridized carbons (Fsp3) is 0.400. The molecule has 2 amide bonds. The van der Waals surface area contributed by atoms with Crippen molar-refractivity contribution in [1.82, 2.24) is 13.5 Å². The number of fused-ring (bicyclic) bond motifs is 5. The smallest absolute Gasteiger partial charge is 0.267 e. The van der Waals surface area contributed by atoms with Gasteiger partial charge in [0.2, 0.25) is 0 Å². The van der Waals surface area contributed by atoms with Crippen molar-refractivity contribution in [3.8, 4) is 5.69 Å². The topological polar surface area (TPSA) is 76.5 Å². The molecule has 11 rings (SSSR count). The van der Waals surface area contributed by atoms with Crippen LogP contribution in [0.3, 0.4) is 0 Å². The third-order valence-corrected chi connectivity index (χ3v) is 21.1. The number of carbonyl (C=O) groups excluding carboxylic acids is 2. The van der Waals surface area contributed by atoms with Crippen LogP contribution >= 0.6 is 0 Å². The van der Waals surface area contributed by atoms with Crippen molar-refractivity contribution in [3.63, 3.8) is 0 Å². The van der Waals surface area contributed by atoms with Crippen LogP contribution in [0.5, 0.6) is 0 Å². The van der Waals surface area contributed by atoms with E-state index in [1.54, 1.807) is 0 Å². The number of hydrogen-bond donors (Lipinski definition) is 0. The lowest BCUT2D eigenvalue weighted by molar-refractivity contribution is 0.0658. The van der Waals surface area contributed by atoms with Gasteiger partial charge in [-0.2, -0.15) is 0 Å². The molecule has 0 N–H and O–H groups in total. The molecule has 2 heterocycles. The number of benzene rings is 9. The molecule has 0 saturated carbocycles. The van der Waals surface area contributed by atoms with Crippen LogP contribution in [0.2, 0.25) is 0 Å². The Kier molecular flexibility index (Phi) is 17.0. The molecule has 0 atom stereocenters. The number of imide groups is 1. The first-order valence-electron chi connectivity index (χ1n) is 33.3. The number of aromatic nitrogens is 1. The average Bonchev–Trinajstić information content (AvgIpc) is 1.22. The highest BCUT2D eigenvalue weighted by Crippen LogP contribution is 2.56. The largest absolute Gasteiger partial charge is 0.268 e. The fourth-order valence-corrected chi connectivity index (χ4v) is 17.4. The molecule has 1 aliphatic heterocycles. The molecule has 1 aromatic heterocycles. The van der Waals surface area contributed by atoms with Crippen LogP contribution in [-0.4, -0.2) is 38.5 Å². The second kappa shape index (κ2) is 24.1. The van der Waals surface area contributed by atoms with E-state index in [2.05, 4.69) is 186 Å². The summed E-state index contributed by atoms with van der Waals surface area (Å²) < 4.78 is 2.44. The molecule has 88 heavy (non-hydrogen) atoms. The Morgan fingerprint density at radius 2 is 0.716 bits per heavy atom. The summed E-state index contributed by atoms with van der Waals surface area (Å²) in [6.07, 6.45) is 17.4. The average molecular weight is 1180 g/mol. The van der Waals surface area contributed by atoms with Crippen LogP contribution in [0.15, 0.2) is 167 Å². The summed E-state index contributed by atoms with van der Waals surface area (Å²) in [5.41, 5.74) is 3.62. The molecule has 0 aliphatic carbocycles. The van der Waals surface area contributed by atoms with Crippen LogP contribution in [-0.2, 0) is 0 Å². The van der Waals surface area contributed by atoms with Gasteiger partial charge in [0, 0.05) is 66.3 Å². The monoisotopic (exact) mass is 1170 g/mol. The molecule has 0 spiro atoms. The Bertz CT molecular complexity index is 4240. The number of para-hydroxylation sites is 2.